The van der Waals surface area contributed by atoms with Gasteiger partial charge in [0.2, 0.25) is 5.95 Å². The van der Waals surface area contributed by atoms with Crippen molar-refractivity contribution in [2.24, 2.45) is 0 Å². The van der Waals surface area contributed by atoms with Crippen LogP contribution in [0, 0.1) is 0 Å². The van der Waals surface area contributed by atoms with Gasteiger partial charge < -0.3 is 19.1 Å². The van der Waals surface area contributed by atoms with Crippen LogP contribution in [0.4, 0.5) is 11.8 Å². The van der Waals surface area contributed by atoms with Crippen LogP contribution in [-0.4, -0.2) is 58.9 Å². The molecule has 0 atom stereocenters. The van der Waals surface area contributed by atoms with Crippen LogP contribution in [0.1, 0.15) is 18.4 Å². The number of morpholine rings is 1. The average Bonchev–Trinajstić information content (AvgIpc) is 3.41. The van der Waals surface area contributed by atoms with Crippen molar-refractivity contribution >= 4 is 46.1 Å². The Bertz CT molecular complexity index is 1010. The molecule has 4 heterocycles. The Morgan fingerprint density at radius 2 is 1.66 bits per heavy atom. The molecule has 2 fully saturated rings. The van der Waals surface area contributed by atoms with E-state index in [1.54, 1.807) is 0 Å². The number of halogens is 2. The second-order valence-electron chi connectivity index (χ2n) is 7.39. The fourth-order valence-corrected chi connectivity index (χ4v) is 4.46. The van der Waals surface area contributed by atoms with Gasteiger partial charge in [-0.05, 0) is 25.0 Å². The summed E-state index contributed by atoms with van der Waals surface area (Å²) in [6.45, 7) is 5.46. The zero-order chi connectivity index (χ0) is 19.8. The average molecular weight is 433 g/mol. The first-order chi connectivity index (χ1) is 14.2. The number of rotatable bonds is 4. The third kappa shape index (κ3) is 3.63. The van der Waals surface area contributed by atoms with Crippen LogP contribution in [0.15, 0.2) is 24.5 Å². The van der Waals surface area contributed by atoms with Crippen LogP contribution in [0.2, 0.25) is 10.0 Å². The maximum atomic E-state index is 6.40. The molecule has 2 aromatic heterocycles. The van der Waals surface area contributed by atoms with Gasteiger partial charge >= 0.3 is 0 Å². The Kier molecular flexibility index (Phi) is 5.20. The van der Waals surface area contributed by atoms with Crippen LogP contribution < -0.4 is 9.80 Å². The number of aromatic nitrogens is 4. The molecule has 0 bridgehead atoms. The van der Waals surface area contributed by atoms with Crippen LogP contribution in [-0.2, 0) is 11.3 Å². The van der Waals surface area contributed by atoms with E-state index in [4.69, 9.17) is 37.9 Å². The van der Waals surface area contributed by atoms with Gasteiger partial charge in [0.05, 0.1) is 26.1 Å². The molecule has 0 unspecified atom stereocenters. The summed E-state index contributed by atoms with van der Waals surface area (Å²) in [5.41, 5.74) is 2.50. The number of nitrogens with zero attached hydrogens (tertiary/aromatic N) is 6. The van der Waals surface area contributed by atoms with E-state index in [2.05, 4.69) is 14.8 Å². The number of hydrogen-bond donors (Lipinski definition) is 0. The molecule has 2 aliphatic heterocycles. The highest BCUT2D eigenvalue weighted by Crippen LogP contribution is 2.31. The summed E-state index contributed by atoms with van der Waals surface area (Å²) in [4.78, 5) is 19.0. The van der Waals surface area contributed by atoms with Gasteiger partial charge in [-0.1, -0.05) is 29.3 Å². The standard InChI is InChI=1S/C20H22Cl2N6O/c21-15-4-3-5-16(22)14(15)12-28-13-23-17-18(26-6-1-2-7-26)24-20(25-19(17)28)27-8-10-29-11-9-27/h3-5,13H,1-2,6-12H2. The molecule has 0 saturated carbocycles. The molecule has 0 N–H and O–H groups in total. The molecule has 0 amide bonds. The van der Waals surface area contributed by atoms with Crippen molar-refractivity contribution < 1.29 is 4.74 Å². The molecule has 3 aromatic rings. The molecule has 0 aliphatic carbocycles. The second kappa shape index (κ2) is 7.97. The number of hydrogen-bond acceptors (Lipinski definition) is 6. The van der Waals surface area contributed by atoms with Crippen molar-refractivity contribution in [3.05, 3.63) is 40.1 Å². The molecule has 5 rings (SSSR count). The molecule has 0 spiro atoms. The molecule has 0 radical (unpaired) electrons. The summed E-state index contributed by atoms with van der Waals surface area (Å²) in [6, 6.07) is 5.56. The number of anilines is 2. The zero-order valence-electron chi connectivity index (χ0n) is 16.0. The van der Waals surface area contributed by atoms with E-state index in [0.717, 1.165) is 54.7 Å². The van der Waals surface area contributed by atoms with E-state index in [0.29, 0.717) is 29.8 Å². The van der Waals surface area contributed by atoms with Gasteiger partial charge in [0.1, 0.15) is 0 Å². The van der Waals surface area contributed by atoms with E-state index >= 15 is 0 Å². The first-order valence-corrected chi connectivity index (χ1v) is 10.7. The number of fused-ring (bicyclic) bond motifs is 1. The van der Waals surface area contributed by atoms with Crippen LogP contribution in [0.5, 0.6) is 0 Å². The van der Waals surface area contributed by atoms with Crippen molar-refractivity contribution in [2.45, 2.75) is 19.4 Å². The van der Waals surface area contributed by atoms with Gasteiger partial charge in [-0.15, -0.1) is 0 Å². The molecule has 2 saturated heterocycles. The quantitative estimate of drug-likeness (QED) is 0.627. The number of imidazole rings is 1. The smallest absolute Gasteiger partial charge is 0.229 e. The first kappa shape index (κ1) is 18.9. The van der Waals surface area contributed by atoms with Crippen LogP contribution >= 0.6 is 23.2 Å². The lowest BCUT2D eigenvalue weighted by atomic mass is 10.2. The van der Waals surface area contributed by atoms with Crippen LogP contribution in [0.25, 0.3) is 11.2 Å². The van der Waals surface area contributed by atoms with Crippen LogP contribution in [0.3, 0.4) is 0 Å². The van der Waals surface area contributed by atoms with Crippen molar-refractivity contribution in [1.82, 2.24) is 19.5 Å². The maximum Gasteiger partial charge on any atom is 0.229 e. The Morgan fingerprint density at radius 1 is 0.931 bits per heavy atom. The highest BCUT2D eigenvalue weighted by Gasteiger charge is 2.24. The minimum atomic E-state index is 0.508. The largest absolute Gasteiger partial charge is 0.378 e. The molecule has 152 valence electrons. The summed E-state index contributed by atoms with van der Waals surface area (Å²) in [5.74, 6) is 1.65. The summed E-state index contributed by atoms with van der Waals surface area (Å²) < 4.78 is 7.51. The lowest BCUT2D eigenvalue weighted by Crippen LogP contribution is -2.37. The number of ether oxygens (including phenoxy) is 1. The third-order valence-electron chi connectivity index (χ3n) is 5.52. The van der Waals surface area contributed by atoms with Gasteiger partial charge in [0, 0.05) is 41.8 Å². The summed E-state index contributed by atoms with van der Waals surface area (Å²) in [7, 11) is 0. The zero-order valence-corrected chi connectivity index (χ0v) is 17.5. The Hall–Kier alpha value is -2.09. The minimum Gasteiger partial charge on any atom is -0.378 e. The van der Waals surface area contributed by atoms with Gasteiger partial charge in [0.15, 0.2) is 17.0 Å². The van der Waals surface area contributed by atoms with E-state index in [9.17, 15) is 0 Å². The second-order valence-corrected chi connectivity index (χ2v) is 8.20. The van der Waals surface area contributed by atoms with E-state index < -0.39 is 0 Å². The monoisotopic (exact) mass is 432 g/mol. The van der Waals surface area contributed by atoms with E-state index in [-0.39, 0.29) is 0 Å². The lowest BCUT2D eigenvalue weighted by molar-refractivity contribution is 0.122. The van der Waals surface area contributed by atoms with Gasteiger partial charge in [0.25, 0.3) is 0 Å². The molecule has 1 aromatic carbocycles. The normalized spacial score (nSPS) is 17.4. The molecule has 2 aliphatic rings. The molecular formula is C20H22Cl2N6O. The van der Waals surface area contributed by atoms with Crippen molar-refractivity contribution in [3.8, 4) is 0 Å². The fraction of sp³-hybridized carbons (Fsp3) is 0.450. The Morgan fingerprint density at radius 3 is 2.38 bits per heavy atom. The Balaban J connectivity index is 1.61. The number of benzene rings is 1. The summed E-state index contributed by atoms with van der Waals surface area (Å²) >= 11 is 12.8. The molecule has 7 nitrogen and oxygen atoms in total. The van der Waals surface area contributed by atoms with E-state index in [1.165, 1.54) is 12.8 Å². The first-order valence-electron chi connectivity index (χ1n) is 9.94. The highest BCUT2D eigenvalue weighted by molar-refractivity contribution is 6.36. The molecule has 9 heteroatoms. The predicted octanol–water partition coefficient (Wildman–Crippen LogP) is 3.62. The topological polar surface area (TPSA) is 59.3 Å². The minimum absolute atomic E-state index is 0.508. The highest BCUT2D eigenvalue weighted by atomic mass is 35.5. The SMILES string of the molecule is Clc1cccc(Cl)c1Cn1cnc2c(N3CCCC3)nc(N3CCOCC3)nc21. The van der Waals surface area contributed by atoms with Gasteiger partial charge in [-0.25, -0.2) is 4.98 Å². The van der Waals surface area contributed by atoms with Crippen molar-refractivity contribution in [3.63, 3.8) is 0 Å². The molecule has 29 heavy (non-hydrogen) atoms. The third-order valence-corrected chi connectivity index (χ3v) is 6.23. The van der Waals surface area contributed by atoms with Gasteiger partial charge in [-0.3, -0.25) is 0 Å². The lowest BCUT2D eigenvalue weighted by Gasteiger charge is -2.28. The summed E-state index contributed by atoms with van der Waals surface area (Å²) in [5, 5.41) is 1.28. The Labute approximate surface area is 179 Å². The van der Waals surface area contributed by atoms with Crippen molar-refractivity contribution in [2.75, 3.05) is 49.2 Å². The van der Waals surface area contributed by atoms with E-state index in [1.807, 2.05) is 29.1 Å². The van der Waals surface area contributed by atoms with Crippen molar-refractivity contribution in [1.29, 1.82) is 0 Å². The maximum absolute atomic E-state index is 6.40. The van der Waals surface area contributed by atoms with Gasteiger partial charge in [-0.2, -0.15) is 9.97 Å². The summed E-state index contributed by atoms with van der Waals surface area (Å²) in [6.07, 6.45) is 4.16. The predicted molar refractivity (Wildman–Crippen MR) is 115 cm³/mol. The molecular weight excluding hydrogens is 411 g/mol. The fourth-order valence-electron chi connectivity index (χ4n) is 3.94.